The summed E-state index contributed by atoms with van der Waals surface area (Å²) in [5.74, 6) is -1.16. The van der Waals surface area contributed by atoms with Crippen molar-refractivity contribution in [2.45, 2.75) is 6.61 Å². The van der Waals surface area contributed by atoms with Crippen LogP contribution in [0.5, 0.6) is 5.75 Å². The molecule has 0 saturated carbocycles. The van der Waals surface area contributed by atoms with Gasteiger partial charge in [-0.3, -0.25) is 10.1 Å². The van der Waals surface area contributed by atoms with Gasteiger partial charge in [-0.15, -0.1) is 0 Å². The van der Waals surface area contributed by atoms with Gasteiger partial charge in [0.15, 0.2) is 0 Å². The van der Waals surface area contributed by atoms with E-state index in [1.165, 1.54) is 12.1 Å². The molecular formula is C14H10INO5. The minimum Gasteiger partial charge on any atom is -0.488 e. The molecule has 108 valence electrons. The number of hydrogen-bond acceptors (Lipinski definition) is 4. The molecule has 0 bridgehead atoms. The fraction of sp³-hybridized carbons (Fsp3) is 0.0714. The Balaban J connectivity index is 2.21. The van der Waals surface area contributed by atoms with Crippen molar-refractivity contribution in [3.63, 3.8) is 0 Å². The highest BCUT2D eigenvalue weighted by atomic mass is 127. The van der Waals surface area contributed by atoms with Gasteiger partial charge in [0.2, 0.25) is 0 Å². The van der Waals surface area contributed by atoms with E-state index in [1.54, 1.807) is 0 Å². The quantitative estimate of drug-likeness (QED) is 0.473. The number of carboxylic acids is 1. The molecule has 2 rings (SSSR count). The zero-order chi connectivity index (χ0) is 15.4. The largest absolute Gasteiger partial charge is 0.488 e. The predicted octanol–water partition coefficient (Wildman–Crippen LogP) is 3.48. The number of halogens is 1. The maximum absolute atomic E-state index is 11.1. The smallest absolute Gasteiger partial charge is 0.339 e. The summed E-state index contributed by atoms with van der Waals surface area (Å²) >= 11 is 2.18. The number of non-ortho nitro benzene ring substituents is 1. The van der Waals surface area contributed by atoms with Crippen LogP contribution in [0.4, 0.5) is 5.69 Å². The molecule has 0 aliphatic heterocycles. The molecule has 7 heteroatoms. The first-order valence-corrected chi connectivity index (χ1v) is 6.94. The molecule has 0 aromatic heterocycles. The Bertz CT molecular complexity index is 684. The van der Waals surface area contributed by atoms with Crippen LogP contribution in [0.25, 0.3) is 0 Å². The monoisotopic (exact) mass is 399 g/mol. The number of aromatic carboxylic acids is 1. The van der Waals surface area contributed by atoms with Gasteiger partial charge in [0, 0.05) is 15.7 Å². The van der Waals surface area contributed by atoms with E-state index in [4.69, 9.17) is 9.84 Å². The second-order valence-electron chi connectivity index (χ2n) is 4.16. The molecule has 0 radical (unpaired) electrons. The average molecular weight is 399 g/mol. The summed E-state index contributed by atoms with van der Waals surface area (Å²) in [5, 5.41) is 19.8. The first-order chi connectivity index (χ1) is 9.97. The van der Waals surface area contributed by atoms with Crippen molar-refractivity contribution in [3.05, 3.63) is 67.3 Å². The van der Waals surface area contributed by atoms with Gasteiger partial charge in [-0.2, -0.15) is 0 Å². The van der Waals surface area contributed by atoms with E-state index < -0.39 is 10.9 Å². The molecule has 2 aromatic carbocycles. The highest BCUT2D eigenvalue weighted by Gasteiger charge is 2.17. The van der Waals surface area contributed by atoms with Crippen LogP contribution in [-0.4, -0.2) is 16.0 Å². The Morgan fingerprint density at radius 2 is 1.90 bits per heavy atom. The van der Waals surface area contributed by atoms with E-state index in [0.29, 0.717) is 0 Å². The second kappa shape index (κ2) is 6.53. The number of nitro benzene ring substituents is 1. The summed E-state index contributed by atoms with van der Waals surface area (Å²) in [4.78, 5) is 21.2. The van der Waals surface area contributed by atoms with E-state index in [0.717, 1.165) is 15.2 Å². The Morgan fingerprint density at radius 1 is 1.24 bits per heavy atom. The van der Waals surface area contributed by atoms with Gasteiger partial charge < -0.3 is 9.84 Å². The summed E-state index contributed by atoms with van der Waals surface area (Å²) < 4.78 is 6.53. The van der Waals surface area contributed by atoms with Gasteiger partial charge in [0.05, 0.1) is 4.92 Å². The highest BCUT2D eigenvalue weighted by molar-refractivity contribution is 14.1. The lowest BCUT2D eigenvalue weighted by Crippen LogP contribution is -2.04. The van der Waals surface area contributed by atoms with Gasteiger partial charge >= 0.3 is 5.97 Å². The van der Waals surface area contributed by atoms with E-state index in [2.05, 4.69) is 22.6 Å². The van der Waals surface area contributed by atoms with Crippen LogP contribution < -0.4 is 4.74 Å². The van der Waals surface area contributed by atoms with E-state index in [9.17, 15) is 14.9 Å². The topological polar surface area (TPSA) is 89.7 Å². The van der Waals surface area contributed by atoms with Crippen molar-refractivity contribution < 1.29 is 19.6 Å². The fourth-order valence-electron chi connectivity index (χ4n) is 1.67. The molecule has 0 amide bonds. The van der Waals surface area contributed by atoms with Crippen molar-refractivity contribution in [3.8, 4) is 5.75 Å². The van der Waals surface area contributed by atoms with Crippen LogP contribution >= 0.6 is 22.6 Å². The minimum atomic E-state index is -1.27. The van der Waals surface area contributed by atoms with Gasteiger partial charge in [-0.25, -0.2) is 4.79 Å². The zero-order valence-corrected chi connectivity index (χ0v) is 12.8. The van der Waals surface area contributed by atoms with Crippen molar-refractivity contribution in [2.75, 3.05) is 0 Å². The average Bonchev–Trinajstić information content (AvgIpc) is 2.46. The predicted molar refractivity (Wildman–Crippen MR) is 83.5 cm³/mol. The maximum atomic E-state index is 11.1. The molecule has 2 aromatic rings. The van der Waals surface area contributed by atoms with Crippen molar-refractivity contribution in [1.29, 1.82) is 0 Å². The summed E-state index contributed by atoms with van der Waals surface area (Å²) in [6.07, 6.45) is 0. The van der Waals surface area contributed by atoms with Gasteiger partial charge in [0.1, 0.15) is 17.9 Å². The standard InChI is InChI=1S/C14H10INO5/c15-10-3-1-9(2-4-10)8-21-13-6-5-11(16(19)20)7-12(13)14(17)18/h1-7H,8H2,(H,17,18). The van der Waals surface area contributed by atoms with Crippen molar-refractivity contribution in [2.24, 2.45) is 0 Å². The third-order valence-electron chi connectivity index (χ3n) is 2.71. The molecular weight excluding hydrogens is 389 g/mol. The number of nitro groups is 1. The molecule has 0 atom stereocenters. The Morgan fingerprint density at radius 3 is 2.48 bits per heavy atom. The SMILES string of the molecule is O=C(O)c1cc([N+](=O)[O-])ccc1OCc1ccc(I)cc1. The number of carbonyl (C=O) groups is 1. The summed E-state index contributed by atoms with van der Waals surface area (Å²) in [6.45, 7) is 0.189. The summed E-state index contributed by atoms with van der Waals surface area (Å²) in [6, 6.07) is 11.1. The third kappa shape index (κ3) is 3.91. The molecule has 0 unspecified atom stereocenters. The van der Waals surface area contributed by atoms with Crippen LogP contribution in [0.1, 0.15) is 15.9 Å². The van der Waals surface area contributed by atoms with Crippen LogP contribution in [0.15, 0.2) is 42.5 Å². The molecule has 21 heavy (non-hydrogen) atoms. The Labute approximate surface area is 133 Å². The van der Waals surface area contributed by atoms with Crippen molar-refractivity contribution in [1.82, 2.24) is 0 Å². The van der Waals surface area contributed by atoms with Gasteiger partial charge in [0.25, 0.3) is 5.69 Å². The van der Waals surface area contributed by atoms with Crippen LogP contribution in [0.3, 0.4) is 0 Å². The number of ether oxygens (including phenoxy) is 1. The van der Waals surface area contributed by atoms with Crippen LogP contribution in [0.2, 0.25) is 0 Å². The number of rotatable bonds is 5. The zero-order valence-electron chi connectivity index (χ0n) is 10.7. The van der Waals surface area contributed by atoms with E-state index >= 15 is 0 Å². The number of carboxylic acid groups (broad SMARTS) is 1. The lowest BCUT2D eigenvalue weighted by Gasteiger charge is -2.09. The Hall–Kier alpha value is -2.16. The first-order valence-electron chi connectivity index (χ1n) is 5.86. The minimum absolute atomic E-state index is 0.103. The molecule has 0 saturated heterocycles. The maximum Gasteiger partial charge on any atom is 0.339 e. The molecule has 6 nitrogen and oxygen atoms in total. The molecule has 0 fully saturated rings. The molecule has 0 heterocycles. The number of benzene rings is 2. The first kappa shape index (κ1) is 15.2. The van der Waals surface area contributed by atoms with Crippen molar-refractivity contribution >= 4 is 34.2 Å². The third-order valence-corrected chi connectivity index (χ3v) is 3.43. The summed E-state index contributed by atoms with van der Waals surface area (Å²) in [5.41, 5.74) is 0.369. The number of nitrogens with zero attached hydrogens (tertiary/aromatic N) is 1. The summed E-state index contributed by atoms with van der Waals surface area (Å²) in [7, 11) is 0. The lowest BCUT2D eigenvalue weighted by atomic mass is 10.1. The highest BCUT2D eigenvalue weighted by Crippen LogP contribution is 2.25. The normalized spacial score (nSPS) is 10.1. The Kier molecular flexibility index (Phi) is 4.73. The van der Waals surface area contributed by atoms with Gasteiger partial charge in [-0.1, -0.05) is 12.1 Å². The van der Waals surface area contributed by atoms with Gasteiger partial charge in [-0.05, 0) is 46.4 Å². The fourth-order valence-corrected chi connectivity index (χ4v) is 2.03. The molecule has 1 N–H and O–H groups in total. The van der Waals surface area contributed by atoms with E-state index in [1.807, 2.05) is 24.3 Å². The molecule has 0 aliphatic rings. The second-order valence-corrected chi connectivity index (χ2v) is 5.40. The van der Waals surface area contributed by atoms with E-state index in [-0.39, 0.29) is 23.6 Å². The van der Waals surface area contributed by atoms with Crippen LogP contribution in [-0.2, 0) is 6.61 Å². The number of hydrogen-bond donors (Lipinski definition) is 1. The van der Waals surface area contributed by atoms with Crippen LogP contribution in [0, 0.1) is 13.7 Å². The lowest BCUT2D eigenvalue weighted by molar-refractivity contribution is -0.384. The molecule has 0 spiro atoms. The molecule has 0 aliphatic carbocycles.